The van der Waals surface area contributed by atoms with Crippen molar-refractivity contribution in [3.63, 3.8) is 0 Å². The highest BCUT2D eigenvalue weighted by molar-refractivity contribution is 6.74. The summed E-state index contributed by atoms with van der Waals surface area (Å²) in [5, 5.41) is 10.2. The first-order valence-corrected chi connectivity index (χ1v) is 12.0. The normalized spacial score (nSPS) is 12.4. The van der Waals surface area contributed by atoms with Crippen LogP contribution in [0.3, 0.4) is 0 Å². The van der Waals surface area contributed by atoms with Gasteiger partial charge in [-0.3, -0.25) is 0 Å². The molecule has 0 aromatic heterocycles. The van der Waals surface area contributed by atoms with Gasteiger partial charge in [0.25, 0.3) is 8.32 Å². The summed E-state index contributed by atoms with van der Waals surface area (Å²) >= 11 is 6.70. The number of hydrogen-bond donors (Lipinski definition) is 1. The van der Waals surface area contributed by atoms with Gasteiger partial charge in [-0.15, -0.1) is 0 Å². The lowest BCUT2D eigenvalue weighted by molar-refractivity contribution is 0.282. The largest absolute Gasteiger partial charge is 0.542 e. The minimum absolute atomic E-state index is 0.0340. The molecule has 2 nitrogen and oxygen atoms in total. The van der Waals surface area contributed by atoms with Gasteiger partial charge in [-0.05, 0) is 71.9 Å². The Kier molecular flexibility index (Phi) is 5.72. The highest BCUT2D eigenvalue weighted by Gasteiger charge is 2.39. The molecule has 1 N–H and O–H groups in total. The fraction of sp³-hybridized carbons (Fsp3) is 0.429. The van der Waals surface area contributed by atoms with E-state index in [4.69, 9.17) is 16.0 Å². The zero-order chi connectivity index (χ0) is 19.0. The van der Waals surface area contributed by atoms with Crippen molar-refractivity contribution in [3.05, 3.63) is 52.0 Å². The number of hydrogen-bond acceptors (Lipinski definition) is 2. The van der Waals surface area contributed by atoms with Crippen LogP contribution in [0.15, 0.2) is 30.3 Å². The molecule has 25 heavy (non-hydrogen) atoms. The van der Waals surface area contributed by atoms with Gasteiger partial charge in [-0.1, -0.05) is 50.6 Å². The summed E-state index contributed by atoms with van der Waals surface area (Å²) in [5.41, 5.74) is 5.23. The summed E-state index contributed by atoms with van der Waals surface area (Å²) in [6.07, 6.45) is 0. The van der Waals surface area contributed by atoms with Crippen molar-refractivity contribution >= 4 is 19.9 Å². The van der Waals surface area contributed by atoms with E-state index in [9.17, 15) is 5.11 Å². The van der Waals surface area contributed by atoms with Crippen LogP contribution < -0.4 is 4.43 Å². The molecular formula is C21H29ClO2Si. The van der Waals surface area contributed by atoms with E-state index < -0.39 is 8.32 Å². The maximum absolute atomic E-state index is 9.41. The predicted octanol–water partition coefficient (Wildman–Crippen LogP) is 6.50. The first-order chi connectivity index (χ1) is 11.5. The van der Waals surface area contributed by atoms with Crippen LogP contribution in [0, 0.1) is 13.8 Å². The first-order valence-electron chi connectivity index (χ1n) is 8.67. The molecule has 2 aromatic carbocycles. The van der Waals surface area contributed by atoms with E-state index in [1.54, 1.807) is 0 Å². The fourth-order valence-electron chi connectivity index (χ4n) is 2.69. The zero-order valence-electron chi connectivity index (χ0n) is 16.3. The molecule has 0 bridgehead atoms. The van der Waals surface area contributed by atoms with Crippen LogP contribution in [0.5, 0.6) is 5.75 Å². The number of benzene rings is 2. The highest BCUT2D eigenvalue weighted by atomic mass is 35.5. The van der Waals surface area contributed by atoms with E-state index in [0.29, 0.717) is 5.02 Å². The quantitative estimate of drug-likeness (QED) is 0.617. The van der Waals surface area contributed by atoms with Crippen LogP contribution in [-0.4, -0.2) is 13.4 Å². The second kappa shape index (κ2) is 7.14. The second-order valence-corrected chi connectivity index (χ2v) is 13.3. The summed E-state index contributed by atoms with van der Waals surface area (Å²) in [4.78, 5) is 0. The molecule has 0 aliphatic carbocycles. The van der Waals surface area contributed by atoms with Crippen molar-refractivity contribution in [2.24, 2.45) is 0 Å². The van der Waals surface area contributed by atoms with Crippen molar-refractivity contribution < 1.29 is 9.53 Å². The molecule has 0 fully saturated rings. The van der Waals surface area contributed by atoms with Gasteiger partial charge in [-0.25, -0.2) is 0 Å². The Balaban J connectivity index is 2.53. The fourth-order valence-corrected chi connectivity index (χ4v) is 3.96. The monoisotopic (exact) mass is 376 g/mol. The molecule has 0 radical (unpaired) electrons. The van der Waals surface area contributed by atoms with E-state index in [2.05, 4.69) is 52.9 Å². The molecule has 2 rings (SSSR count). The minimum atomic E-state index is -1.95. The topological polar surface area (TPSA) is 29.5 Å². The van der Waals surface area contributed by atoms with E-state index in [1.165, 1.54) is 0 Å². The maximum Gasteiger partial charge on any atom is 0.250 e. The summed E-state index contributed by atoms with van der Waals surface area (Å²) in [7, 11) is -1.95. The lowest BCUT2D eigenvalue weighted by Gasteiger charge is -2.37. The van der Waals surface area contributed by atoms with Crippen LogP contribution in [0.25, 0.3) is 11.1 Å². The average molecular weight is 377 g/mol. The van der Waals surface area contributed by atoms with Crippen molar-refractivity contribution in [2.75, 3.05) is 0 Å². The highest BCUT2D eigenvalue weighted by Crippen LogP contribution is 2.43. The summed E-state index contributed by atoms with van der Waals surface area (Å²) in [6.45, 7) is 15.3. The lowest BCUT2D eigenvalue weighted by Crippen LogP contribution is -2.44. The Bertz CT molecular complexity index is 776. The molecule has 0 atom stereocenters. The molecule has 136 valence electrons. The van der Waals surface area contributed by atoms with Gasteiger partial charge < -0.3 is 9.53 Å². The Morgan fingerprint density at radius 3 is 2.32 bits per heavy atom. The number of aliphatic hydroxyl groups excluding tert-OH is 1. The molecule has 0 aliphatic rings. The number of aliphatic hydroxyl groups is 1. The van der Waals surface area contributed by atoms with Crippen molar-refractivity contribution in [3.8, 4) is 16.9 Å². The van der Waals surface area contributed by atoms with E-state index in [1.807, 2.05) is 25.1 Å². The standard InChI is InChI=1S/C21H29ClO2Si/c1-14-11-18(24-25(6,7)21(3,4)5)20(22)15(2)19(14)17-10-8-9-16(12-17)13-23/h8-12,23H,13H2,1-7H3. The van der Waals surface area contributed by atoms with Gasteiger partial charge in [-0.2, -0.15) is 0 Å². The maximum atomic E-state index is 9.41. The molecule has 2 aromatic rings. The van der Waals surface area contributed by atoms with Gasteiger partial charge >= 0.3 is 0 Å². The van der Waals surface area contributed by atoms with Crippen LogP contribution in [-0.2, 0) is 6.61 Å². The lowest BCUT2D eigenvalue weighted by atomic mass is 9.94. The Labute approximate surface area is 157 Å². The zero-order valence-corrected chi connectivity index (χ0v) is 18.1. The van der Waals surface area contributed by atoms with Crippen LogP contribution >= 0.6 is 11.6 Å². The number of aryl methyl sites for hydroxylation is 1. The van der Waals surface area contributed by atoms with Gasteiger partial charge in [0.1, 0.15) is 5.75 Å². The summed E-state index contributed by atoms with van der Waals surface area (Å²) in [5.74, 6) is 0.783. The third-order valence-electron chi connectivity index (χ3n) is 5.23. The molecule has 0 amide bonds. The smallest absolute Gasteiger partial charge is 0.250 e. The third kappa shape index (κ3) is 4.10. The molecule has 0 heterocycles. The third-order valence-corrected chi connectivity index (χ3v) is 10.0. The van der Waals surface area contributed by atoms with Crippen LogP contribution in [0.2, 0.25) is 23.2 Å². The minimum Gasteiger partial charge on any atom is -0.542 e. The molecule has 0 saturated heterocycles. The molecular weight excluding hydrogens is 348 g/mol. The Hall–Kier alpha value is -1.29. The average Bonchev–Trinajstić information content (AvgIpc) is 2.51. The van der Waals surface area contributed by atoms with E-state index in [-0.39, 0.29) is 11.6 Å². The number of rotatable bonds is 4. The van der Waals surface area contributed by atoms with Crippen LogP contribution in [0.4, 0.5) is 0 Å². The SMILES string of the molecule is Cc1cc(O[Si](C)(C)C(C)(C)C)c(Cl)c(C)c1-c1cccc(CO)c1. The first kappa shape index (κ1) is 20.0. The van der Waals surface area contributed by atoms with Crippen molar-refractivity contribution in [1.82, 2.24) is 0 Å². The Morgan fingerprint density at radius 2 is 1.76 bits per heavy atom. The summed E-state index contributed by atoms with van der Waals surface area (Å²) in [6, 6.07) is 10.0. The number of halogens is 1. The molecule has 4 heteroatoms. The second-order valence-electron chi connectivity index (χ2n) is 8.23. The van der Waals surface area contributed by atoms with E-state index >= 15 is 0 Å². The molecule has 0 aliphatic heterocycles. The van der Waals surface area contributed by atoms with Gasteiger partial charge in [0, 0.05) is 0 Å². The van der Waals surface area contributed by atoms with Gasteiger partial charge in [0.2, 0.25) is 0 Å². The van der Waals surface area contributed by atoms with Gasteiger partial charge in [0.05, 0.1) is 11.6 Å². The van der Waals surface area contributed by atoms with E-state index in [0.717, 1.165) is 33.6 Å². The van der Waals surface area contributed by atoms with Crippen molar-refractivity contribution in [1.29, 1.82) is 0 Å². The van der Waals surface area contributed by atoms with Crippen molar-refractivity contribution in [2.45, 2.75) is 59.4 Å². The molecule has 0 saturated carbocycles. The molecule has 0 spiro atoms. The Morgan fingerprint density at radius 1 is 1.12 bits per heavy atom. The molecule has 0 unspecified atom stereocenters. The van der Waals surface area contributed by atoms with Crippen LogP contribution in [0.1, 0.15) is 37.5 Å². The summed E-state index contributed by atoms with van der Waals surface area (Å²) < 4.78 is 6.46. The predicted molar refractivity (Wildman–Crippen MR) is 110 cm³/mol. The van der Waals surface area contributed by atoms with Gasteiger partial charge in [0.15, 0.2) is 0 Å².